The molecule has 0 fully saturated rings. The van der Waals surface area contributed by atoms with Gasteiger partial charge in [0.25, 0.3) is 5.56 Å². The summed E-state index contributed by atoms with van der Waals surface area (Å²) in [5, 5.41) is 17.2. The van der Waals surface area contributed by atoms with Crippen LogP contribution >= 0.6 is 15.9 Å². The number of esters is 1. The number of methoxy groups -OCH3 is 1. The first kappa shape index (κ1) is 24.8. The molecule has 0 bridgehead atoms. The Morgan fingerprint density at radius 1 is 1.18 bits per heavy atom. The van der Waals surface area contributed by atoms with Gasteiger partial charge in [0.1, 0.15) is 5.58 Å². The molecule has 0 saturated heterocycles. The van der Waals surface area contributed by atoms with Crippen LogP contribution in [-0.2, 0) is 9.53 Å². The maximum atomic E-state index is 13.4. The number of para-hydroxylation sites is 2. The van der Waals surface area contributed by atoms with Gasteiger partial charge in [-0.3, -0.25) is 14.9 Å². The minimum atomic E-state index is -0.696. The Morgan fingerprint density at radius 3 is 2.71 bits per heavy atom. The molecule has 0 aliphatic carbocycles. The number of aromatic nitrogens is 2. The zero-order valence-corrected chi connectivity index (χ0v) is 21.2. The van der Waals surface area contributed by atoms with E-state index in [1.54, 1.807) is 36.4 Å². The van der Waals surface area contributed by atoms with E-state index in [-0.39, 0.29) is 21.6 Å². The normalized spacial score (nSPS) is 11.3. The number of nitrogens with zero attached hydrogens (tertiary/aromatic N) is 4. The topological polar surface area (TPSA) is 139 Å². The molecule has 0 amide bonds. The maximum absolute atomic E-state index is 13.4. The number of nitro benzene ring substituents is 1. The molecule has 0 N–H and O–H groups in total. The Morgan fingerprint density at radius 2 is 1.95 bits per heavy atom. The summed E-state index contributed by atoms with van der Waals surface area (Å²) in [6.07, 6.45) is 1.28. The number of ether oxygens (including phenoxy) is 2. The fourth-order valence-electron chi connectivity index (χ4n) is 3.75. The van der Waals surface area contributed by atoms with E-state index in [1.165, 1.54) is 25.5 Å². The van der Waals surface area contributed by atoms with Crippen molar-refractivity contribution in [2.45, 2.75) is 0 Å². The Kier molecular flexibility index (Phi) is 6.71. The van der Waals surface area contributed by atoms with Crippen LogP contribution in [0, 0.1) is 10.1 Å². The van der Waals surface area contributed by atoms with E-state index in [2.05, 4.69) is 30.8 Å². The van der Waals surface area contributed by atoms with Gasteiger partial charge in [-0.2, -0.15) is 9.78 Å². The third kappa shape index (κ3) is 4.76. The number of rotatable bonds is 7. The zero-order valence-electron chi connectivity index (χ0n) is 19.7. The first-order valence-electron chi connectivity index (χ1n) is 11.1. The minimum absolute atomic E-state index is 0.148. The average molecular weight is 577 g/mol. The van der Waals surface area contributed by atoms with Crippen LogP contribution in [0.1, 0.15) is 5.56 Å². The van der Waals surface area contributed by atoms with Crippen LogP contribution in [0.5, 0.6) is 5.75 Å². The van der Waals surface area contributed by atoms with Crippen molar-refractivity contribution in [3.05, 3.63) is 97.2 Å². The predicted molar refractivity (Wildman–Crippen MR) is 143 cm³/mol. The summed E-state index contributed by atoms with van der Waals surface area (Å²) in [5.74, 6) is -0.360. The Labute approximate surface area is 222 Å². The Bertz CT molecular complexity index is 1780. The molecule has 0 atom stereocenters. The molecule has 2 aromatic heterocycles. The van der Waals surface area contributed by atoms with Gasteiger partial charge in [-0.15, -0.1) is 0 Å². The van der Waals surface area contributed by atoms with Crippen molar-refractivity contribution in [1.82, 2.24) is 9.66 Å². The summed E-state index contributed by atoms with van der Waals surface area (Å²) < 4.78 is 17.0. The number of carbonyl (C=O) groups is 1. The van der Waals surface area contributed by atoms with Gasteiger partial charge in [0, 0.05) is 17.0 Å². The largest absolute Gasteiger partial charge is 0.474 e. The number of hydrogen-bond acceptors (Lipinski definition) is 9. The lowest BCUT2D eigenvalue weighted by Crippen LogP contribution is -2.20. The maximum Gasteiger partial charge on any atom is 0.343 e. The molecule has 3 aromatic carbocycles. The molecular weight excluding hydrogens is 560 g/mol. The van der Waals surface area contributed by atoms with Crippen LogP contribution in [0.15, 0.2) is 85.5 Å². The molecule has 0 spiro atoms. The number of hydrogen-bond donors (Lipinski definition) is 0. The number of furan rings is 1. The minimum Gasteiger partial charge on any atom is -0.474 e. The van der Waals surface area contributed by atoms with Gasteiger partial charge in [-0.25, -0.2) is 9.78 Å². The van der Waals surface area contributed by atoms with Crippen molar-refractivity contribution < 1.29 is 23.6 Å². The molecule has 190 valence electrons. The lowest BCUT2D eigenvalue weighted by atomic mass is 10.2. The second kappa shape index (κ2) is 10.3. The quantitative estimate of drug-likeness (QED) is 0.115. The number of carbonyl (C=O) groups excluding carboxylic acids is 1. The zero-order chi connectivity index (χ0) is 26.8. The SMILES string of the molecule is COC(=O)COc1c(Br)cc(C=Nn2c(-c3cc4ccccc4o3)nc3ccccc3c2=O)cc1[N+](=O)[O-]. The summed E-state index contributed by atoms with van der Waals surface area (Å²) in [4.78, 5) is 40.5. The van der Waals surface area contributed by atoms with E-state index in [0.29, 0.717) is 22.2 Å². The van der Waals surface area contributed by atoms with Crippen LogP contribution in [0.3, 0.4) is 0 Å². The van der Waals surface area contributed by atoms with Crippen LogP contribution in [0.2, 0.25) is 0 Å². The number of nitro groups is 1. The first-order valence-corrected chi connectivity index (χ1v) is 11.9. The van der Waals surface area contributed by atoms with Gasteiger partial charge in [-0.05, 0) is 46.3 Å². The molecular formula is C26H17BrN4O7. The molecule has 0 aliphatic rings. The van der Waals surface area contributed by atoms with E-state index < -0.39 is 28.7 Å². The molecule has 0 saturated carbocycles. The fraction of sp³-hybridized carbons (Fsp3) is 0.0769. The Hall–Kier alpha value is -4.84. The lowest BCUT2D eigenvalue weighted by Gasteiger charge is -2.09. The monoisotopic (exact) mass is 576 g/mol. The summed E-state index contributed by atoms with van der Waals surface area (Å²) in [6, 6.07) is 18.7. The van der Waals surface area contributed by atoms with Gasteiger partial charge < -0.3 is 13.9 Å². The third-order valence-electron chi connectivity index (χ3n) is 5.53. The van der Waals surface area contributed by atoms with Gasteiger partial charge in [0.15, 0.2) is 12.4 Å². The summed E-state index contributed by atoms with van der Waals surface area (Å²) in [6.45, 7) is -0.512. The summed E-state index contributed by atoms with van der Waals surface area (Å²) in [7, 11) is 1.18. The molecule has 0 radical (unpaired) electrons. The molecule has 11 nitrogen and oxygen atoms in total. The average Bonchev–Trinajstić information content (AvgIpc) is 3.35. The van der Waals surface area contributed by atoms with Crippen molar-refractivity contribution in [1.29, 1.82) is 0 Å². The van der Waals surface area contributed by atoms with Crippen molar-refractivity contribution in [2.24, 2.45) is 5.10 Å². The molecule has 2 heterocycles. The van der Waals surface area contributed by atoms with E-state index in [0.717, 1.165) is 10.1 Å². The number of fused-ring (bicyclic) bond motifs is 2. The summed E-state index contributed by atoms with van der Waals surface area (Å²) in [5.41, 5.74) is 0.497. The van der Waals surface area contributed by atoms with Crippen molar-refractivity contribution in [3.8, 4) is 17.3 Å². The van der Waals surface area contributed by atoms with E-state index in [4.69, 9.17) is 9.15 Å². The molecule has 12 heteroatoms. The van der Waals surface area contributed by atoms with Crippen LogP contribution in [0.4, 0.5) is 5.69 Å². The smallest absolute Gasteiger partial charge is 0.343 e. The second-order valence-electron chi connectivity index (χ2n) is 7.94. The highest BCUT2D eigenvalue weighted by Crippen LogP contribution is 2.36. The molecule has 0 aliphatic heterocycles. The van der Waals surface area contributed by atoms with E-state index in [1.807, 2.05) is 18.2 Å². The van der Waals surface area contributed by atoms with Crippen molar-refractivity contribution >= 4 is 55.7 Å². The van der Waals surface area contributed by atoms with Gasteiger partial charge in [-0.1, -0.05) is 30.3 Å². The first-order chi connectivity index (χ1) is 18.4. The second-order valence-corrected chi connectivity index (χ2v) is 8.79. The van der Waals surface area contributed by atoms with Gasteiger partial charge in [0.05, 0.1) is 33.6 Å². The van der Waals surface area contributed by atoms with Crippen molar-refractivity contribution in [2.75, 3.05) is 13.7 Å². The van der Waals surface area contributed by atoms with Gasteiger partial charge >= 0.3 is 11.7 Å². The molecule has 38 heavy (non-hydrogen) atoms. The predicted octanol–water partition coefficient (Wildman–Crippen LogP) is 4.91. The van der Waals surface area contributed by atoms with E-state index >= 15 is 0 Å². The van der Waals surface area contributed by atoms with Crippen LogP contribution in [0.25, 0.3) is 33.5 Å². The van der Waals surface area contributed by atoms with Crippen molar-refractivity contribution in [3.63, 3.8) is 0 Å². The fourth-order valence-corrected chi connectivity index (χ4v) is 4.33. The highest BCUT2D eigenvalue weighted by atomic mass is 79.9. The number of halogens is 1. The molecule has 5 rings (SSSR count). The highest BCUT2D eigenvalue weighted by molar-refractivity contribution is 9.10. The number of benzene rings is 3. The summed E-state index contributed by atoms with van der Waals surface area (Å²) >= 11 is 3.24. The Balaban J connectivity index is 1.62. The lowest BCUT2D eigenvalue weighted by molar-refractivity contribution is -0.385. The van der Waals surface area contributed by atoms with E-state index in [9.17, 15) is 19.7 Å². The van der Waals surface area contributed by atoms with Gasteiger partial charge in [0.2, 0.25) is 11.6 Å². The van der Waals surface area contributed by atoms with Crippen LogP contribution < -0.4 is 10.3 Å². The highest BCUT2D eigenvalue weighted by Gasteiger charge is 2.22. The van der Waals surface area contributed by atoms with Crippen LogP contribution in [-0.4, -0.2) is 40.5 Å². The molecule has 0 unspecified atom stereocenters. The standard InChI is InChI=1S/C26H17BrN4O7/c1-36-23(32)14-37-24-18(27)10-15(11-20(24)31(34)35)13-28-30-25(22-12-16-6-2-5-9-21(16)38-22)29-19-8-4-3-7-17(19)26(30)33/h2-13H,14H2,1H3. The molecule has 5 aromatic rings. The third-order valence-corrected chi connectivity index (χ3v) is 6.12.